The maximum atomic E-state index is 13.1. The predicted molar refractivity (Wildman–Crippen MR) is 83.3 cm³/mol. The molecule has 2 aliphatic rings. The largest absolute Gasteiger partial charge is 0.388 e. The summed E-state index contributed by atoms with van der Waals surface area (Å²) in [6, 6.07) is 6.22. The number of carbonyl (C=O) groups excluding carboxylic acids is 1. The third-order valence-corrected chi connectivity index (χ3v) is 4.60. The minimum atomic E-state index is -0.999. The number of nitrogens with one attached hydrogen (secondary N) is 1. The molecule has 0 aromatic heterocycles. The fourth-order valence-electron chi connectivity index (χ4n) is 3.32. The lowest BCUT2D eigenvalue weighted by atomic mass is 10.1. The number of nitrogens with zero attached hydrogens (tertiary/aromatic N) is 1. The summed E-state index contributed by atoms with van der Waals surface area (Å²) in [5.74, 6) is -0.674. The SMILES string of the molecule is O=C(C[C@H](O)c1cccc(F)c1)NC[C@@H]1CN2CCC[C@H]2CO1. The van der Waals surface area contributed by atoms with E-state index in [0.717, 1.165) is 19.7 Å². The molecule has 2 fully saturated rings. The molecule has 2 saturated heterocycles. The molecule has 126 valence electrons. The zero-order chi connectivity index (χ0) is 16.2. The second-order valence-electron chi connectivity index (χ2n) is 6.33. The van der Waals surface area contributed by atoms with Crippen molar-refractivity contribution in [3.8, 4) is 0 Å². The molecule has 1 aromatic carbocycles. The van der Waals surface area contributed by atoms with Crippen LogP contribution in [0, 0.1) is 5.82 Å². The first-order valence-electron chi connectivity index (χ1n) is 8.17. The minimum absolute atomic E-state index is 0.000359. The Morgan fingerprint density at radius 2 is 2.39 bits per heavy atom. The second-order valence-corrected chi connectivity index (χ2v) is 6.33. The number of benzene rings is 1. The zero-order valence-corrected chi connectivity index (χ0v) is 13.1. The van der Waals surface area contributed by atoms with Gasteiger partial charge in [0.25, 0.3) is 0 Å². The van der Waals surface area contributed by atoms with Crippen LogP contribution in [0.1, 0.15) is 30.9 Å². The van der Waals surface area contributed by atoms with E-state index in [1.165, 1.54) is 31.0 Å². The fraction of sp³-hybridized carbons (Fsp3) is 0.588. The van der Waals surface area contributed by atoms with Crippen molar-refractivity contribution in [3.05, 3.63) is 35.6 Å². The van der Waals surface area contributed by atoms with Gasteiger partial charge >= 0.3 is 0 Å². The van der Waals surface area contributed by atoms with Crippen molar-refractivity contribution in [2.75, 3.05) is 26.2 Å². The van der Waals surface area contributed by atoms with Crippen LogP contribution in [0.15, 0.2) is 24.3 Å². The monoisotopic (exact) mass is 322 g/mol. The highest BCUT2D eigenvalue weighted by atomic mass is 19.1. The normalized spacial score (nSPS) is 25.8. The van der Waals surface area contributed by atoms with Crippen LogP contribution in [0.3, 0.4) is 0 Å². The second kappa shape index (κ2) is 7.38. The molecule has 3 rings (SSSR count). The summed E-state index contributed by atoms with van der Waals surface area (Å²) in [6.45, 7) is 3.12. The molecule has 0 aliphatic carbocycles. The van der Waals surface area contributed by atoms with Crippen LogP contribution in [-0.4, -0.2) is 54.3 Å². The van der Waals surface area contributed by atoms with Crippen molar-refractivity contribution in [1.29, 1.82) is 0 Å². The molecule has 0 radical (unpaired) electrons. The van der Waals surface area contributed by atoms with Crippen LogP contribution < -0.4 is 5.32 Å². The summed E-state index contributed by atoms with van der Waals surface area (Å²) in [7, 11) is 0. The average molecular weight is 322 g/mol. The van der Waals surface area contributed by atoms with Crippen LogP contribution >= 0.6 is 0 Å². The maximum absolute atomic E-state index is 13.1. The van der Waals surface area contributed by atoms with Crippen molar-refractivity contribution in [2.45, 2.75) is 37.5 Å². The van der Waals surface area contributed by atoms with Gasteiger partial charge in [0.15, 0.2) is 0 Å². The predicted octanol–water partition coefficient (Wildman–Crippen LogP) is 1.23. The summed E-state index contributed by atoms with van der Waals surface area (Å²) in [4.78, 5) is 14.4. The van der Waals surface area contributed by atoms with Gasteiger partial charge in [0.05, 0.1) is 25.2 Å². The van der Waals surface area contributed by atoms with Crippen LogP contribution in [0.5, 0.6) is 0 Å². The van der Waals surface area contributed by atoms with Crippen LogP contribution in [0.2, 0.25) is 0 Å². The average Bonchev–Trinajstić information content (AvgIpc) is 3.00. The van der Waals surface area contributed by atoms with Gasteiger partial charge in [-0.2, -0.15) is 0 Å². The highest BCUT2D eigenvalue weighted by Crippen LogP contribution is 2.22. The Hall–Kier alpha value is -1.50. The fourth-order valence-corrected chi connectivity index (χ4v) is 3.32. The zero-order valence-electron chi connectivity index (χ0n) is 13.1. The first-order chi connectivity index (χ1) is 11.1. The lowest BCUT2D eigenvalue weighted by Gasteiger charge is -2.35. The molecule has 23 heavy (non-hydrogen) atoms. The molecule has 0 unspecified atom stereocenters. The van der Waals surface area contributed by atoms with Gasteiger partial charge in [0, 0.05) is 19.1 Å². The summed E-state index contributed by atoms with van der Waals surface area (Å²) in [5.41, 5.74) is 0.411. The van der Waals surface area contributed by atoms with Crippen LogP contribution in [-0.2, 0) is 9.53 Å². The third kappa shape index (κ3) is 4.28. The van der Waals surface area contributed by atoms with E-state index < -0.39 is 11.9 Å². The standard InChI is InChI=1S/C17H23FN2O3/c18-13-4-1-3-12(7-13)16(21)8-17(22)19-9-15-10-20-6-2-5-14(20)11-23-15/h1,3-4,7,14-16,21H,2,5-6,8-11H2,(H,19,22)/t14-,15+,16-/m0/s1. The smallest absolute Gasteiger partial charge is 0.223 e. The Labute approximate surface area is 135 Å². The summed E-state index contributed by atoms with van der Waals surface area (Å²) >= 11 is 0. The summed E-state index contributed by atoms with van der Waals surface area (Å²) in [5, 5.41) is 12.8. The lowest BCUT2D eigenvalue weighted by molar-refractivity contribution is -0.124. The number of morpholine rings is 1. The molecular weight excluding hydrogens is 299 g/mol. The number of hydrogen-bond donors (Lipinski definition) is 2. The van der Waals surface area contributed by atoms with Gasteiger partial charge in [-0.25, -0.2) is 4.39 Å². The lowest BCUT2D eigenvalue weighted by Crippen LogP contribution is -2.50. The number of fused-ring (bicyclic) bond motifs is 1. The first kappa shape index (κ1) is 16.4. The van der Waals surface area contributed by atoms with Gasteiger partial charge in [0.2, 0.25) is 5.91 Å². The Kier molecular flexibility index (Phi) is 5.25. The van der Waals surface area contributed by atoms with Crippen LogP contribution in [0.25, 0.3) is 0 Å². The molecule has 2 aliphatic heterocycles. The number of aliphatic hydroxyl groups is 1. The summed E-state index contributed by atoms with van der Waals surface area (Å²) < 4.78 is 18.9. The van der Waals surface area contributed by atoms with Crippen molar-refractivity contribution in [3.63, 3.8) is 0 Å². The van der Waals surface area contributed by atoms with Crippen molar-refractivity contribution >= 4 is 5.91 Å². The number of amides is 1. The maximum Gasteiger partial charge on any atom is 0.223 e. The molecular formula is C17H23FN2O3. The Morgan fingerprint density at radius 3 is 3.22 bits per heavy atom. The molecule has 3 atom stereocenters. The van der Waals surface area contributed by atoms with Gasteiger partial charge < -0.3 is 15.2 Å². The molecule has 6 heteroatoms. The van der Waals surface area contributed by atoms with Gasteiger partial charge in [-0.1, -0.05) is 12.1 Å². The van der Waals surface area contributed by atoms with Crippen molar-refractivity contribution < 1.29 is 19.0 Å². The quantitative estimate of drug-likeness (QED) is 0.856. The molecule has 2 N–H and O–H groups in total. The van der Waals surface area contributed by atoms with E-state index in [4.69, 9.17) is 4.74 Å². The molecule has 2 heterocycles. The molecule has 0 spiro atoms. The number of aliphatic hydroxyl groups excluding tert-OH is 1. The van der Waals surface area contributed by atoms with Gasteiger partial charge in [-0.3, -0.25) is 9.69 Å². The third-order valence-electron chi connectivity index (χ3n) is 4.60. The first-order valence-corrected chi connectivity index (χ1v) is 8.17. The van der Waals surface area contributed by atoms with E-state index in [9.17, 15) is 14.3 Å². The van der Waals surface area contributed by atoms with E-state index >= 15 is 0 Å². The molecule has 0 bridgehead atoms. The van der Waals surface area contributed by atoms with Gasteiger partial charge in [-0.05, 0) is 37.1 Å². The Balaban J connectivity index is 1.42. The number of carbonyl (C=O) groups is 1. The number of ether oxygens (including phenoxy) is 1. The highest BCUT2D eigenvalue weighted by Gasteiger charge is 2.32. The number of hydrogen-bond acceptors (Lipinski definition) is 4. The van der Waals surface area contributed by atoms with E-state index in [2.05, 4.69) is 10.2 Å². The van der Waals surface area contributed by atoms with E-state index in [1.807, 2.05) is 0 Å². The Morgan fingerprint density at radius 1 is 1.52 bits per heavy atom. The highest BCUT2D eigenvalue weighted by molar-refractivity contribution is 5.76. The van der Waals surface area contributed by atoms with E-state index in [0.29, 0.717) is 18.2 Å². The molecule has 0 saturated carbocycles. The van der Waals surface area contributed by atoms with Crippen LogP contribution in [0.4, 0.5) is 4.39 Å². The van der Waals surface area contributed by atoms with Crippen molar-refractivity contribution in [2.24, 2.45) is 0 Å². The Bertz CT molecular complexity index is 554. The molecule has 1 aromatic rings. The molecule has 1 amide bonds. The van der Waals surface area contributed by atoms with Crippen molar-refractivity contribution in [1.82, 2.24) is 10.2 Å². The van der Waals surface area contributed by atoms with E-state index in [1.54, 1.807) is 6.07 Å². The minimum Gasteiger partial charge on any atom is -0.388 e. The summed E-state index contributed by atoms with van der Waals surface area (Å²) in [6.07, 6.45) is 1.33. The van der Waals surface area contributed by atoms with E-state index in [-0.39, 0.29) is 18.4 Å². The van der Waals surface area contributed by atoms with Gasteiger partial charge in [-0.15, -0.1) is 0 Å². The molecule has 5 nitrogen and oxygen atoms in total. The van der Waals surface area contributed by atoms with Gasteiger partial charge in [0.1, 0.15) is 5.82 Å². The number of halogens is 1. The topological polar surface area (TPSA) is 61.8 Å². The number of rotatable bonds is 5.